The molecule has 0 saturated heterocycles. The summed E-state index contributed by atoms with van der Waals surface area (Å²) in [7, 11) is 0. The summed E-state index contributed by atoms with van der Waals surface area (Å²) in [6.45, 7) is 1.37. The molecule has 0 spiro atoms. The number of rotatable bonds is 4. The third kappa shape index (κ3) is 4.12. The van der Waals surface area contributed by atoms with Gasteiger partial charge >= 0.3 is 0 Å². The van der Waals surface area contributed by atoms with E-state index in [1.807, 2.05) is 0 Å². The molecule has 0 fully saturated rings. The van der Waals surface area contributed by atoms with Crippen molar-refractivity contribution in [1.82, 2.24) is 9.97 Å². The molecule has 1 heterocycles. The van der Waals surface area contributed by atoms with Crippen LogP contribution < -0.4 is 5.73 Å². The Morgan fingerprint density at radius 3 is 2.82 bits per heavy atom. The molecular weight excluding hydrogens is 266 g/mol. The van der Waals surface area contributed by atoms with E-state index in [0.29, 0.717) is 0 Å². The van der Waals surface area contributed by atoms with Crippen molar-refractivity contribution in [2.45, 2.75) is 19.1 Å². The Labute approximate surface area is 107 Å². The van der Waals surface area contributed by atoms with Crippen LogP contribution in [0.15, 0.2) is 6.20 Å². The topological polar surface area (TPSA) is 109 Å². The second-order valence-corrected chi connectivity index (χ2v) is 4.84. The number of nitrogen functional groups attached to an aromatic ring is 1. The number of aliphatic hydroxyl groups excluding tert-OH is 2. The molecule has 0 saturated carbocycles. The lowest BCUT2D eigenvalue weighted by Gasteiger charge is -2.16. The zero-order chi connectivity index (χ0) is 13.0. The van der Waals surface area contributed by atoms with Crippen LogP contribution in [0, 0.1) is 0 Å². The van der Waals surface area contributed by atoms with E-state index in [9.17, 15) is 15.0 Å². The van der Waals surface area contributed by atoms with Crippen LogP contribution in [-0.2, 0) is 4.79 Å². The third-order valence-corrected chi connectivity index (χ3v) is 3.07. The molecule has 0 amide bonds. The van der Waals surface area contributed by atoms with Gasteiger partial charge in [0.2, 0.25) is 0 Å². The van der Waals surface area contributed by atoms with E-state index in [1.165, 1.54) is 13.1 Å². The number of hydrogen-bond acceptors (Lipinski definition) is 7. The quantitative estimate of drug-likeness (QED) is 0.730. The van der Waals surface area contributed by atoms with E-state index in [4.69, 9.17) is 17.3 Å². The lowest BCUT2D eigenvalue weighted by Crippen LogP contribution is -2.23. The zero-order valence-corrected chi connectivity index (χ0v) is 10.6. The van der Waals surface area contributed by atoms with Crippen molar-refractivity contribution < 1.29 is 15.0 Å². The first-order chi connectivity index (χ1) is 7.91. The fourth-order valence-corrected chi connectivity index (χ4v) is 1.91. The molecule has 2 atom stereocenters. The Morgan fingerprint density at radius 1 is 1.65 bits per heavy atom. The normalized spacial score (nSPS) is 14.4. The summed E-state index contributed by atoms with van der Waals surface area (Å²) in [6, 6.07) is 0. The van der Waals surface area contributed by atoms with E-state index in [1.54, 1.807) is 0 Å². The van der Waals surface area contributed by atoms with E-state index in [2.05, 4.69) is 9.97 Å². The van der Waals surface area contributed by atoms with Crippen LogP contribution in [-0.4, -0.2) is 37.2 Å². The van der Waals surface area contributed by atoms with Crippen molar-refractivity contribution in [1.29, 1.82) is 0 Å². The smallest absolute Gasteiger partial charge is 0.185 e. The summed E-state index contributed by atoms with van der Waals surface area (Å²) in [6.07, 6.45) is -1.23. The van der Waals surface area contributed by atoms with Crippen molar-refractivity contribution in [3.63, 3.8) is 0 Å². The third-order valence-electron chi connectivity index (χ3n) is 1.88. The van der Waals surface area contributed by atoms with Gasteiger partial charge < -0.3 is 15.9 Å². The number of aliphatic hydroxyl groups is 2. The molecule has 4 N–H and O–H groups in total. The molecule has 1 rings (SSSR count). The van der Waals surface area contributed by atoms with Gasteiger partial charge in [0.25, 0.3) is 0 Å². The minimum atomic E-state index is -1.30. The van der Waals surface area contributed by atoms with Crippen LogP contribution in [0.2, 0.25) is 5.15 Å². The highest BCUT2D eigenvalue weighted by Crippen LogP contribution is 2.24. The lowest BCUT2D eigenvalue weighted by atomic mass is 10.2. The van der Waals surface area contributed by atoms with Gasteiger partial charge in [-0.05, 0) is 0 Å². The van der Waals surface area contributed by atoms with Gasteiger partial charge in [0.15, 0.2) is 10.3 Å². The molecule has 0 radical (unpaired) electrons. The summed E-state index contributed by atoms with van der Waals surface area (Å²) in [5.74, 6) is 0.178. The Bertz CT molecular complexity index is 418. The molecule has 6 nitrogen and oxygen atoms in total. The molecular formula is C9H12ClN3O3S. The molecule has 94 valence electrons. The Morgan fingerprint density at radius 2 is 2.29 bits per heavy atom. The fourth-order valence-electron chi connectivity index (χ4n) is 1.06. The Hall–Kier alpha value is -0.890. The highest BCUT2D eigenvalue weighted by Gasteiger charge is 2.23. The maximum Gasteiger partial charge on any atom is 0.185 e. The number of anilines is 1. The van der Waals surface area contributed by atoms with Crippen molar-refractivity contribution in [3.8, 4) is 0 Å². The first-order valence-corrected chi connectivity index (χ1v) is 6.05. The minimum absolute atomic E-state index is 0.0394. The second kappa shape index (κ2) is 6.15. The molecule has 0 aliphatic rings. The molecule has 8 heteroatoms. The van der Waals surface area contributed by atoms with Crippen molar-refractivity contribution in [3.05, 3.63) is 17.0 Å². The molecule has 1 aromatic heterocycles. The van der Waals surface area contributed by atoms with Crippen LogP contribution in [0.5, 0.6) is 0 Å². The van der Waals surface area contributed by atoms with Crippen LogP contribution in [0.25, 0.3) is 0 Å². The first-order valence-electron chi connectivity index (χ1n) is 4.69. The highest BCUT2D eigenvalue weighted by molar-refractivity contribution is 8.13. The summed E-state index contributed by atoms with van der Waals surface area (Å²) >= 11 is 6.64. The lowest BCUT2D eigenvalue weighted by molar-refractivity contribution is -0.109. The minimum Gasteiger partial charge on any atom is -0.389 e. The number of thioether (sulfide) groups is 1. The number of nitrogens with two attached hydrogens (primary N) is 1. The van der Waals surface area contributed by atoms with Crippen LogP contribution in [0.3, 0.4) is 0 Å². The van der Waals surface area contributed by atoms with E-state index in [-0.39, 0.29) is 27.5 Å². The standard InChI is InChI=1S/C9H12ClN3O3S/c1-4(14)17-3-5(15)8(16)7-9(10)13-6(11)2-12-7/h2,5,8,15-16H,3H2,1H3,(H2,11,13). The zero-order valence-electron chi connectivity index (χ0n) is 9.00. The number of hydrogen-bond donors (Lipinski definition) is 3. The van der Waals surface area contributed by atoms with Crippen molar-refractivity contribution in [2.75, 3.05) is 11.5 Å². The SMILES string of the molecule is CC(=O)SCC(O)C(O)c1ncc(N)nc1Cl. The van der Waals surface area contributed by atoms with Gasteiger partial charge in [-0.25, -0.2) is 4.98 Å². The predicted octanol–water partition coefficient (Wildman–Crippen LogP) is 0.386. The molecule has 0 aliphatic carbocycles. The summed E-state index contributed by atoms with van der Waals surface area (Å²) in [5, 5.41) is 19.2. The van der Waals surface area contributed by atoms with Gasteiger partial charge in [-0.2, -0.15) is 0 Å². The summed E-state index contributed by atoms with van der Waals surface area (Å²) in [4.78, 5) is 18.2. The molecule has 17 heavy (non-hydrogen) atoms. The number of aromatic nitrogens is 2. The van der Waals surface area contributed by atoms with E-state index < -0.39 is 12.2 Å². The first kappa shape index (κ1) is 14.2. The number of carbonyl (C=O) groups is 1. The molecule has 0 bridgehead atoms. The predicted molar refractivity (Wildman–Crippen MR) is 65.6 cm³/mol. The summed E-state index contributed by atoms with van der Waals surface area (Å²) < 4.78 is 0. The van der Waals surface area contributed by atoms with Gasteiger partial charge in [-0.1, -0.05) is 23.4 Å². The highest BCUT2D eigenvalue weighted by atomic mass is 35.5. The Balaban J connectivity index is 2.74. The largest absolute Gasteiger partial charge is 0.389 e. The number of carbonyl (C=O) groups excluding carboxylic acids is 1. The molecule has 1 aromatic rings. The molecule has 0 aromatic carbocycles. The number of halogens is 1. The van der Waals surface area contributed by atoms with Crippen molar-refractivity contribution in [2.24, 2.45) is 0 Å². The van der Waals surface area contributed by atoms with Gasteiger partial charge in [0, 0.05) is 12.7 Å². The molecule has 0 aliphatic heterocycles. The van der Waals surface area contributed by atoms with E-state index >= 15 is 0 Å². The van der Waals surface area contributed by atoms with E-state index in [0.717, 1.165) is 11.8 Å². The summed E-state index contributed by atoms with van der Waals surface area (Å²) in [5.41, 5.74) is 5.39. The van der Waals surface area contributed by atoms with Crippen LogP contribution >= 0.6 is 23.4 Å². The maximum atomic E-state index is 10.7. The average Bonchev–Trinajstić information content (AvgIpc) is 2.25. The second-order valence-electron chi connectivity index (χ2n) is 3.29. The average molecular weight is 278 g/mol. The van der Waals surface area contributed by atoms with Crippen LogP contribution in [0.4, 0.5) is 5.82 Å². The Kier molecular flexibility index (Phi) is 5.13. The fraction of sp³-hybridized carbons (Fsp3) is 0.444. The molecule has 2 unspecified atom stereocenters. The maximum absolute atomic E-state index is 10.7. The van der Waals surface area contributed by atoms with Gasteiger partial charge in [-0.3, -0.25) is 9.78 Å². The van der Waals surface area contributed by atoms with Gasteiger partial charge in [0.05, 0.1) is 12.3 Å². The van der Waals surface area contributed by atoms with Gasteiger partial charge in [0.1, 0.15) is 17.6 Å². The monoisotopic (exact) mass is 277 g/mol. The number of nitrogens with zero attached hydrogens (tertiary/aromatic N) is 2. The van der Waals surface area contributed by atoms with Crippen LogP contribution in [0.1, 0.15) is 18.7 Å². The van der Waals surface area contributed by atoms with Gasteiger partial charge in [-0.15, -0.1) is 0 Å². The van der Waals surface area contributed by atoms with Crippen molar-refractivity contribution >= 4 is 34.3 Å².